The lowest BCUT2D eigenvalue weighted by molar-refractivity contribution is -0.152. The molecular weight excluding hydrogens is 317 g/mol. The maximum atomic E-state index is 13.6. The van der Waals surface area contributed by atoms with Crippen LogP contribution in [0.4, 0.5) is 10.1 Å². The third kappa shape index (κ3) is 2.78. The molecule has 0 atom stereocenters. The molecule has 102 valence electrons. The Labute approximate surface area is 118 Å². The molecule has 2 rings (SSSR count). The Kier molecular flexibility index (Phi) is 3.89. The Morgan fingerprint density at radius 2 is 2.16 bits per heavy atom. The highest BCUT2D eigenvalue weighted by Gasteiger charge is 2.58. The van der Waals surface area contributed by atoms with Crippen molar-refractivity contribution in [1.29, 1.82) is 0 Å². The predicted octanol–water partition coefficient (Wildman–Crippen LogP) is 2.87. The molecule has 0 aliphatic heterocycles. The Morgan fingerprint density at radius 1 is 1.47 bits per heavy atom. The number of ether oxygens (including phenoxy) is 1. The minimum atomic E-state index is -1.13. The highest BCUT2D eigenvalue weighted by atomic mass is 79.9. The normalized spacial score (nSPS) is 15.7. The SMILES string of the molecule is CCOC(=O)C1(C(=O)Nc2ccc(Br)cc2F)CC1. The third-order valence-corrected chi connectivity index (χ3v) is 3.52. The van der Waals surface area contributed by atoms with E-state index >= 15 is 0 Å². The molecule has 1 aromatic rings. The van der Waals surface area contributed by atoms with Gasteiger partial charge in [0.2, 0.25) is 5.91 Å². The van der Waals surface area contributed by atoms with E-state index < -0.39 is 23.1 Å². The molecule has 4 nitrogen and oxygen atoms in total. The molecule has 1 aliphatic carbocycles. The quantitative estimate of drug-likeness (QED) is 0.682. The fourth-order valence-corrected chi connectivity index (χ4v) is 2.08. The molecule has 1 fully saturated rings. The van der Waals surface area contributed by atoms with Crippen LogP contribution in [-0.4, -0.2) is 18.5 Å². The van der Waals surface area contributed by atoms with Gasteiger partial charge in [-0.2, -0.15) is 0 Å². The fraction of sp³-hybridized carbons (Fsp3) is 0.385. The summed E-state index contributed by atoms with van der Waals surface area (Å²) >= 11 is 3.13. The van der Waals surface area contributed by atoms with Crippen molar-refractivity contribution in [3.05, 3.63) is 28.5 Å². The number of nitrogens with one attached hydrogen (secondary N) is 1. The molecule has 19 heavy (non-hydrogen) atoms. The number of amides is 1. The molecule has 1 N–H and O–H groups in total. The van der Waals surface area contributed by atoms with Crippen molar-refractivity contribution in [3.8, 4) is 0 Å². The summed E-state index contributed by atoms with van der Waals surface area (Å²) in [5, 5.41) is 2.44. The number of anilines is 1. The highest BCUT2D eigenvalue weighted by molar-refractivity contribution is 9.10. The average Bonchev–Trinajstić information content (AvgIpc) is 3.14. The van der Waals surface area contributed by atoms with Crippen LogP contribution in [0.5, 0.6) is 0 Å². The number of hydrogen-bond acceptors (Lipinski definition) is 3. The topological polar surface area (TPSA) is 55.4 Å². The zero-order valence-electron chi connectivity index (χ0n) is 10.3. The summed E-state index contributed by atoms with van der Waals surface area (Å²) in [5.41, 5.74) is -1.07. The van der Waals surface area contributed by atoms with Crippen LogP contribution in [0.2, 0.25) is 0 Å². The number of rotatable bonds is 4. The predicted molar refractivity (Wildman–Crippen MR) is 71.0 cm³/mol. The van der Waals surface area contributed by atoms with Crippen LogP contribution in [0.3, 0.4) is 0 Å². The number of benzene rings is 1. The van der Waals surface area contributed by atoms with E-state index in [9.17, 15) is 14.0 Å². The van der Waals surface area contributed by atoms with Crippen LogP contribution in [0, 0.1) is 11.2 Å². The molecule has 0 unspecified atom stereocenters. The van der Waals surface area contributed by atoms with Crippen molar-refractivity contribution in [2.24, 2.45) is 5.41 Å². The fourth-order valence-electron chi connectivity index (χ4n) is 1.75. The minimum absolute atomic E-state index is 0.0590. The number of hydrogen-bond donors (Lipinski definition) is 1. The second-order valence-corrected chi connectivity index (χ2v) is 5.30. The third-order valence-electron chi connectivity index (χ3n) is 3.03. The smallest absolute Gasteiger partial charge is 0.321 e. The number of esters is 1. The summed E-state index contributed by atoms with van der Waals surface area (Å²) in [7, 11) is 0. The molecule has 0 radical (unpaired) electrons. The van der Waals surface area contributed by atoms with Crippen LogP contribution in [0.25, 0.3) is 0 Å². The minimum Gasteiger partial charge on any atom is -0.465 e. The lowest BCUT2D eigenvalue weighted by Crippen LogP contribution is -2.33. The molecule has 0 heterocycles. The zero-order valence-corrected chi connectivity index (χ0v) is 11.9. The van der Waals surface area contributed by atoms with Gasteiger partial charge in [0.15, 0.2) is 0 Å². The van der Waals surface area contributed by atoms with E-state index in [1.807, 2.05) is 0 Å². The van der Waals surface area contributed by atoms with Gasteiger partial charge in [-0.05, 0) is 38.0 Å². The van der Waals surface area contributed by atoms with E-state index in [4.69, 9.17) is 4.74 Å². The Bertz CT molecular complexity index is 529. The second-order valence-electron chi connectivity index (χ2n) is 4.38. The van der Waals surface area contributed by atoms with Gasteiger partial charge in [0.1, 0.15) is 11.2 Å². The van der Waals surface area contributed by atoms with Gasteiger partial charge in [0, 0.05) is 4.47 Å². The van der Waals surface area contributed by atoms with E-state index in [1.165, 1.54) is 12.1 Å². The highest BCUT2D eigenvalue weighted by Crippen LogP contribution is 2.47. The summed E-state index contributed by atoms with van der Waals surface area (Å²) in [5.74, 6) is -1.60. The first-order valence-corrected chi connectivity index (χ1v) is 6.72. The molecule has 0 spiro atoms. The monoisotopic (exact) mass is 329 g/mol. The van der Waals surface area contributed by atoms with E-state index in [0.29, 0.717) is 17.3 Å². The van der Waals surface area contributed by atoms with Crippen LogP contribution < -0.4 is 5.32 Å². The first-order chi connectivity index (χ1) is 8.99. The van der Waals surface area contributed by atoms with E-state index in [2.05, 4.69) is 21.2 Å². The van der Waals surface area contributed by atoms with Gasteiger partial charge in [-0.15, -0.1) is 0 Å². The van der Waals surface area contributed by atoms with Crippen LogP contribution in [0.1, 0.15) is 19.8 Å². The molecule has 1 aromatic carbocycles. The lowest BCUT2D eigenvalue weighted by Gasteiger charge is -2.14. The molecule has 0 bridgehead atoms. The maximum Gasteiger partial charge on any atom is 0.321 e. The van der Waals surface area contributed by atoms with E-state index in [-0.39, 0.29) is 12.3 Å². The summed E-state index contributed by atoms with van der Waals surface area (Å²) in [6.07, 6.45) is 0.881. The van der Waals surface area contributed by atoms with Gasteiger partial charge < -0.3 is 10.1 Å². The zero-order chi connectivity index (χ0) is 14.0. The van der Waals surface area contributed by atoms with Crippen molar-refractivity contribution in [2.75, 3.05) is 11.9 Å². The summed E-state index contributed by atoms with van der Waals surface area (Å²) in [6.45, 7) is 1.90. The van der Waals surface area contributed by atoms with Crippen molar-refractivity contribution in [1.82, 2.24) is 0 Å². The van der Waals surface area contributed by atoms with Crippen molar-refractivity contribution in [3.63, 3.8) is 0 Å². The van der Waals surface area contributed by atoms with Crippen molar-refractivity contribution >= 4 is 33.5 Å². The molecule has 1 amide bonds. The van der Waals surface area contributed by atoms with Gasteiger partial charge in [0.05, 0.1) is 12.3 Å². The van der Waals surface area contributed by atoms with E-state index in [0.717, 1.165) is 0 Å². The lowest BCUT2D eigenvalue weighted by atomic mass is 10.1. The molecule has 0 saturated heterocycles. The number of halogens is 2. The molecular formula is C13H13BrFNO3. The van der Waals surface area contributed by atoms with Crippen LogP contribution >= 0.6 is 15.9 Å². The molecule has 1 aliphatic rings. The first-order valence-electron chi connectivity index (χ1n) is 5.93. The Hall–Kier alpha value is -1.43. The van der Waals surface area contributed by atoms with Crippen molar-refractivity contribution < 1.29 is 18.7 Å². The van der Waals surface area contributed by atoms with Crippen LogP contribution in [0.15, 0.2) is 22.7 Å². The largest absolute Gasteiger partial charge is 0.465 e. The van der Waals surface area contributed by atoms with Gasteiger partial charge in [0.25, 0.3) is 0 Å². The summed E-state index contributed by atoms with van der Waals surface area (Å²) < 4.78 is 19.1. The Balaban J connectivity index is 2.11. The molecule has 1 saturated carbocycles. The van der Waals surface area contributed by atoms with Crippen molar-refractivity contribution in [2.45, 2.75) is 19.8 Å². The summed E-state index contributed by atoms with van der Waals surface area (Å²) in [6, 6.07) is 4.31. The first kappa shape index (κ1) is 14.0. The Morgan fingerprint density at radius 3 is 2.68 bits per heavy atom. The van der Waals surface area contributed by atoms with Crippen LogP contribution in [-0.2, 0) is 14.3 Å². The average molecular weight is 330 g/mol. The van der Waals surface area contributed by atoms with Gasteiger partial charge in [-0.25, -0.2) is 4.39 Å². The molecule has 0 aromatic heterocycles. The number of carbonyl (C=O) groups excluding carboxylic acids is 2. The molecule has 6 heteroatoms. The van der Waals surface area contributed by atoms with Gasteiger partial charge >= 0.3 is 5.97 Å². The van der Waals surface area contributed by atoms with E-state index in [1.54, 1.807) is 13.0 Å². The number of carbonyl (C=O) groups is 2. The van der Waals surface area contributed by atoms with Gasteiger partial charge in [-0.3, -0.25) is 9.59 Å². The standard InChI is InChI=1S/C13H13BrFNO3/c1-2-19-12(18)13(5-6-13)11(17)16-10-4-3-8(14)7-9(10)15/h3-4,7H,2,5-6H2,1H3,(H,16,17). The van der Waals surface area contributed by atoms with Gasteiger partial charge in [-0.1, -0.05) is 15.9 Å². The maximum absolute atomic E-state index is 13.6. The second kappa shape index (κ2) is 5.28. The summed E-state index contributed by atoms with van der Waals surface area (Å²) in [4.78, 5) is 23.8.